The summed E-state index contributed by atoms with van der Waals surface area (Å²) in [5.74, 6) is -0.869. The minimum Gasteiger partial charge on any atom is -0.462 e. The molecule has 0 aliphatic carbocycles. The number of unbranched alkanes of at least 4 members (excludes halogenated alkanes) is 8. The number of aliphatic hydroxyl groups is 4. The highest BCUT2D eigenvalue weighted by molar-refractivity contribution is 5.70. The fourth-order valence-corrected chi connectivity index (χ4v) is 4.88. The van der Waals surface area contributed by atoms with Gasteiger partial charge in [0.1, 0.15) is 31.0 Å². The molecule has 0 aromatic carbocycles. The molecule has 1 saturated heterocycles. The van der Waals surface area contributed by atoms with E-state index in [1.807, 2.05) is 0 Å². The Kier molecular flexibility index (Phi) is 26.0. The Hall–Kier alpha value is -2.34. The van der Waals surface area contributed by atoms with Gasteiger partial charge >= 0.3 is 11.9 Å². The molecule has 0 aromatic rings. The maximum atomic E-state index is 12.6. The SMILES string of the molecule is CC/C=C/C/C=C/C/C=C/C/C=C/CCCCC(=O)OC[C@@H](CO[C@H]1O[C@@H](CO)[C@@H](O)C(O)C1O)OC(=O)CCCCCCCCC. The molecule has 0 radical (unpaired) electrons. The molecule has 1 fully saturated rings. The van der Waals surface area contributed by atoms with E-state index in [0.717, 1.165) is 57.8 Å². The molecule has 2 unspecified atom stereocenters. The van der Waals surface area contributed by atoms with Gasteiger partial charge in [0.15, 0.2) is 12.4 Å². The zero-order valence-electron chi connectivity index (χ0n) is 28.8. The van der Waals surface area contributed by atoms with Crippen molar-refractivity contribution in [3.63, 3.8) is 0 Å². The smallest absolute Gasteiger partial charge is 0.306 e. The number of aliphatic hydroxyl groups excluding tert-OH is 4. The van der Waals surface area contributed by atoms with Crippen molar-refractivity contribution in [3.05, 3.63) is 48.6 Å². The lowest BCUT2D eigenvalue weighted by Gasteiger charge is -2.39. The van der Waals surface area contributed by atoms with E-state index in [4.69, 9.17) is 18.9 Å². The number of allylic oxidation sites excluding steroid dienone is 8. The van der Waals surface area contributed by atoms with Crippen LogP contribution in [0.2, 0.25) is 0 Å². The van der Waals surface area contributed by atoms with E-state index in [9.17, 15) is 30.0 Å². The molecular formula is C37H62O10. The summed E-state index contributed by atoms with van der Waals surface area (Å²) < 4.78 is 21.9. The van der Waals surface area contributed by atoms with Crippen LogP contribution in [-0.2, 0) is 28.5 Å². The number of rotatable bonds is 27. The Morgan fingerprint density at radius 2 is 1.26 bits per heavy atom. The largest absolute Gasteiger partial charge is 0.462 e. The van der Waals surface area contributed by atoms with Crippen LogP contribution >= 0.6 is 0 Å². The van der Waals surface area contributed by atoms with Crippen molar-refractivity contribution in [2.45, 2.75) is 153 Å². The van der Waals surface area contributed by atoms with Crippen LogP contribution in [0.25, 0.3) is 0 Å². The van der Waals surface area contributed by atoms with Gasteiger partial charge < -0.3 is 39.4 Å². The second kappa shape index (κ2) is 28.7. The summed E-state index contributed by atoms with van der Waals surface area (Å²) in [5, 5.41) is 39.7. The summed E-state index contributed by atoms with van der Waals surface area (Å²) in [7, 11) is 0. The molecule has 1 aliphatic rings. The average Bonchev–Trinajstić information content (AvgIpc) is 3.06. The first-order valence-electron chi connectivity index (χ1n) is 17.7. The van der Waals surface area contributed by atoms with Gasteiger partial charge in [-0.05, 0) is 51.4 Å². The lowest BCUT2D eigenvalue weighted by molar-refractivity contribution is -0.305. The van der Waals surface area contributed by atoms with E-state index >= 15 is 0 Å². The zero-order chi connectivity index (χ0) is 34.5. The molecule has 0 aromatic heterocycles. The van der Waals surface area contributed by atoms with Crippen LogP contribution < -0.4 is 0 Å². The van der Waals surface area contributed by atoms with Gasteiger partial charge in [0.2, 0.25) is 0 Å². The standard InChI is InChI=1S/C37H62O10/c1-3-5-7-9-11-12-13-14-15-16-17-18-20-21-23-25-32(39)44-28-30(46-33(40)26-24-22-19-10-8-6-4-2)29-45-37-36(43)35(42)34(41)31(27-38)47-37/h5,7,11-12,14-15,17-18,30-31,34-38,41-43H,3-4,6,8-10,13,16,19-29H2,1-2H3/b7-5+,12-11+,15-14+,18-17+/t30-,31-,34+,35?,36?,37-/m0/s1. The quantitative estimate of drug-likeness (QED) is 0.0484. The molecule has 0 spiro atoms. The third kappa shape index (κ3) is 21.3. The Morgan fingerprint density at radius 3 is 1.89 bits per heavy atom. The average molecular weight is 667 g/mol. The van der Waals surface area contributed by atoms with Crippen LogP contribution in [-0.4, -0.2) is 89.0 Å². The molecule has 1 aliphatic heterocycles. The van der Waals surface area contributed by atoms with Crippen LogP contribution in [0.15, 0.2) is 48.6 Å². The monoisotopic (exact) mass is 666 g/mol. The fraction of sp³-hybridized carbons (Fsp3) is 0.730. The van der Waals surface area contributed by atoms with E-state index in [0.29, 0.717) is 12.8 Å². The summed E-state index contributed by atoms with van der Waals surface area (Å²) in [6.45, 7) is 3.17. The van der Waals surface area contributed by atoms with Crippen LogP contribution in [0.5, 0.6) is 0 Å². The van der Waals surface area contributed by atoms with Crippen LogP contribution in [0.3, 0.4) is 0 Å². The molecule has 1 rings (SSSR count). The second-order valence-electron chi connectivity index (χ2n) is 11.9. The molecule has 47 heavy (non-hydrogen) atoms. The van der Waals surface area contributed by atoms with Crippen molar-refractivity contribution in [2.75, 3.05) is 19.8 Å². The first-order chi connectivity index (χ1) is 22.8. The van der Waals surface area contributed by atoms with E-state index in [-0.39, 0.29) is 26.1 Å². The predicted octanol–water partition coefficient (Wildman–Crippen LogP) is 5.76. The minimum atomic E-state index is -1.60. The van der Waals surface area contributed by atoms with Gasteiger partial charge in [0, 0.05) is 12.8 Å². The molecular weight excluding hydrogens is 604 g/mol. The molecule has 6 atom stereocenters. The molecule has 10 nitrogen and oxygen atoms in total. The summed E-state index contributed by atoms with van der Waals surface area (Å²) in [4.78, 5) is 25.0. The normalized spacial score (nSPS) is 22.6. The highest BCUT2D eigenvalue weighted by Gasteiger charge is 2.44. The fourth-order valence-electron chi connectivity index (χ4n) is 4.88. The topological polar surface area (TPSA) is 152 Å². The summed E-state index contributed by atoms with van der Waals surface area (Å²) in [6, 6.07) is 0. The third-order valence-corrected chi connectivity index (χ3v) is 7.73. The molecule has 10 heteroatoms. The highest BCUT2D eigenvalue weighted by atomic mass is 16.7. The van der Waals surface area contributed by atoms with Crippen LogP contribution in [0.1, 0.15) is 117 Å². The molecule has 270 valence electrons. The molecule has 0 bridgehead atoms. The lowest BCUT2D eigenvalue weighted by Crippen LogP contribution is -2.59. The van der Waals surface area contributed by atoms with Crippen LogP contribution in [0, 0.1) is 0 Å². The van der Waals surface area contributed by atoms with Crippen molar-refractivity contribution in [1.29, 1.82) is 0 Å². The van der Waals surface area contributed by atoms with Crippen molar-refractivity contribution < 1.29 is 49.0 Å². The Labute approximate surface area is 282 Å². The van der Waals surface area contributed by atoms with Crippen molar-refractivity contribution in [2.24, 2.45) is 0 Å². The second-order valence-corrected chi connectivity index (χ2v) is 11.9. The lowest BCUT2D eigenvalue weighted by atomic mass is 9.99. The van der Waals surface area contributed by atoms with Gasteiger partial charge in [-0.2, -0.15) is 0 Å². The number of carbonyl (C=O) groups is 2. The van der Waals surface area contributed by atoms with Crippen LogP contribution in [0.4, 0.5) is 0 Å². The minimum absolute atomic E-state index is 0.218. The number of hydrogen-bond donors (Lipinski definition) is 4. The predicted molar refractivity (Wildman–Crippen MR) is 182 cm³/mol. The Morgan fingerprint density at radius 1 is 0.681 bits per heavy atom. The van der Waals surface area contributed by atoms with Crippen molar-refractivity contribution in [3.8, 4) is 0 Å². The van der Waals surface area contributed by atoms with E-state index < -0.39 is 55.4 Å². The highest BCUT2D eigenvalue weighted by Crippen LogP contribution is 2.22. The first-order valence-corrected chi connectivity index (χ1v) is 17.7. The van der Waals surface area contributed by atoms with Gasteiger partial charge in [-0.25, -0.2) is 0 Å². The van der Waals surface area contributed by atoms with Gasteiger partial charge in [-0.3, -0.25) is 9.59 Å². The molecule has 0 saturated carbocycles. The van der Waals surface area contributed by atoms with E-state index in [1.54, 1.807) is 0 Å². The summed E-state index contributed by atoms with van der Waals surface area (Å²) in [5.41, 5.74) is 0. The molecule has 0 amide bonds. The number of esters is 2. The van der Waals surface area contributed by atoms with E-state index in [1.165, 1.54) is 19.3 Å². The van der Waals surface area contributed by atoms with Crippen molar-refractivity contribution >= 4 is 11.9 Å². The van der Waals surface area contributed by atoms with Crippen molar-refractivity contribution in [1.82, 2.24) is 0 Å². The number of hydrogen-bond acceptors (Lipinski definition) is 10. The number of ether oxygens (including phenoxy) is 4. The first kappa shape index (κ1) is 42.7. The molecule has 1 heterocycles. The van der Waals surface area contributed by atoms with E-state index in [2.05, 4.69) is 62.5 Å². The van der Waals surface area contributed by atoms with Gasteiger partial charge in [0.25, 0.3) is 0 Å². The maximum absolute atomic E-state index is 12.6. The van der Waals surface area contributed by atoms with Gasteiger partial charge in [-0.1, -0.05) is 101 Å². The summed E-state index contributed by atoms with van der Waals surface area (Å²) >= 11 is 0. The maximum Gasteiger partial charge on any atom is 0.306 e. The number of carbonyl (C=O) groups excluding carboxylic acids is 2. The zero-order valence-corrected chi connectivity index (χ0v) is 28.8. The third-order valence-electron chi connectivity index (χ3n) is 7.73. The Balaban J connectivity index is 2.44. The van der Waals surface area contributed by atoms with Gasteiger partial charge in [0.05, 0.1) is 13.2 Å². The Bertz CT molecular complexity index is 913. The summed E-state index contributed by atoms with van der Waals surface area (Å²) in [6.07, 6.45) is 23.0. The molecule has 4 N–H and O–H groups in total. The van der Waals surface area contributed by atoms with Gasteiger partial charge in [-0.15, -0.1) is 0 Å².